The van der Waals surface area contributed by atoms with Crippen LogP contribution in [0, 0.1) is 0 Å². The SMILES string of the molecule is CCCCCCCCCCCCS(=O)(=O)C(C(=O)OC)c1ccccc1. The van der Waals surface area contributed by atoms with Crippen LogP contribution < -0.4 is 0 Å². The van der Waals surface area contributed by atoms with Gasteiger partial charge in [-0.15, -0.1) is 0 Å². The molecule has 0 radical (unpaired) electrons. The Hall–Kier alpha value is -1.36. The molecule has 4 nitrogen and oxygen atoms in total. The van der Waals surface area contributed by atoms with Gasteiger partial charge >= 0.3 is 5.97 Å². The second kappa shape index (κ2) is 12.9. The Morgan fingerprint density at radius 2 is 1.38 bits per heavy atom. The maximum atomic E-state index is 12.7. The molecule has 5 heteroatoms. The number of sulfone groups is 1. The Kier molecular flexibility index (Phi) is 11.3. The molecule has 1 unspecified atom stereocenters. The molecule has 0 saturated carbocycles. The third kappa shape index (κ3) is 8.35. The molecule has 0 spiro atoms. The Labute approximate surface area is 159 Å². The second-order valence-electron chi connectivity index (χ2n) is 6.86. The zero-order valence-electron chi connectivity index (χ0n) is 16.3. The monoisotopic (exact) mass is 382 g/mol. The smallest absolute Gasteiger partial charge is 0.328 e. The molecule has 0 N–H and O–H groups in total. The van der Waals surface area contributed by atoms with Gasteiger partial charge in [0.25, 0.3) is 0 Å². The Morgan fingerprint density at radius 3 is 1.88 bits per heavy atom. The molecule has 1 aromatic rings. The van der Waals surface area contributed by atoms with E-state index in [-0.39, 0.29) is 5.75 Å². The van der Waals surface area contributed by atoms with Gasteiger partial charge in [-0.1, -0.05) is 95.0 Å². The van der Waals surface area contributed by atoms with Gasteiger partial charge in [0, 0.05) is 0 Å². The third-order valence-electron chi connectivity index (χ3n) is 4.66. The fourth-order valence-electron chi connectivity index (χ4n) is 3.13. The van der Waals surface area contributed by atoms with Gasteiger partial charge in [-0.2, -0.15) is 0 Å². The zero-order valence-corrected chi connectivity index (χ0v) is 17.1. The topological polar surface area (TPSA) is 60.4 Å². The average Bonchev–Trinajstić information content (AvgIpc) is 2.64. The van der Waals surface area contributed by atoms with E-state index in [1.165, 1.54) is 45.6 Å². The maximum absolute atomic E-state index is 12.7. The van der Waals surface area contributed by atoms with Crippen LogP contribution in [0.2, 0.25) is 0 Å². The van der Waals surface area contributed by atoms with Crippen LogP contribution in [0.25, 0.3) is 0 Å². The van der Waals surface area contributed by atoms with Crippen LogP contribution in [0.5, 0.6) is 0 Å². The number of methoxy groups -OCH3 is 1. The normalized spacial score (nSPS) is 12.7. The van der Waals surface area contributed by atoms with Crippen LogP contribution >= 0.6 is 0 Å². The van der Waals surface area contributed by atoms with Crippen molar-refractivity contribution in [3.63, 3.8) is 0 Å². The summed E-state index contributed by atoms with van der Waals surface area (Å²) in [5.74, 6) is -0.679. The Bertz CT molecular complexity index is 596. The summed E-state index contributed by atoms with van der Waals surface area (Å²) in [6, 6.07) is 8.60. The van der Waals surface area contributed by atoms with Crippen LogP contribution in [0.4, 0.5) is 0 Å². The van der Waals surface area contributed by atoms with Crippen molar-refractivity contribution in [2.75, 3.05) is 12.9 Å². The van der Waals surface area contributed by atoms with Crippen LogP contribution in [-0.4, -0.2) is 27.2 Å². The number of unbranched alkanes of at least 4 members (excludes halogenated alkanes) is 9. The first-order valence-electron chi connectivity index (χ1n) is 9.87. The predicted octanol–water partition coefficient (Wildman–Crippen LogP) is 5.24. The number of carbonyl (C=O) groups is 1. The number of rotatable bonds is 14. The molecule has 0 aliphatic carbocycles. The summed E-state index contributed by atoms with van der Waals surface area (Å²) in [7, 11) is -2.34. The van der Waals surface area contributed by atoms with E-state index in [0.717, 1.165) is 19.3 Å². The van der Waals surface area contributed by atoms with Crippen molar-refractivity contribution in [3.8, 4) is 0 Å². The van der Waals surface area contributed by atoms with Gasteiger partial charge in [0.2, 0.25) is 0 Å². The van der Waals surface area contributed by atoms with Crippen molar-refractivity contribution in [2.45, 2.75) is 76.4 Å². The third-order valence-corrected chi connectivity index (χ3v) is 6.70. The molecule has 1 atom stereocenters. The molecule has 0 saturated heterocycles. The summed E-state index contributed by atoms with van der Waals surface area (Å²) in [5.41, 5.74) is 0.478. The summed E-state index contributed by atoms with van der Waals surface area (Å²) in [6.45, 7) is 2.22. The van der Waals surface area contributed by atoms with Gasteiger partial charge in [-0.05, 0) is 12.0 Å². The summed E-state index contributed by atoms with van der Waals surface area (Å²) in [6.07, 6.45) is 11.4. The highest BCUT2D eigenvalue weighted by Crippen LogP contribution is 2.25. The minimum Gasteiger partial charge on any atom is -0.468 e. The number of ether oxygens (including phenoxy) is 1. The molecular formula is C21H34O4S. The first kappa shape index (κ1) is 22.7. The molecule has 0 aliphatic rings. The zero-order chi connectivity index (χ0) is 19.3. The van der Waals surface area contributed by atoms with E-state index in [1.54, 1.807) is 30.3 Å². The molecule has 0 aliphatic heterocycles. The van der Waals surface area contributed by atoms with Gasteiger partial charge < -0.3 is 4.74 Å². The van der Waals surface area contributed by atoms with Crippen molar-refractivity contribution in [1.29, 1.82) is 0 Å². The van der Waals surface area contributed by atoms with Gasteiger partial charge in [0.15, 0.2) is 15.1 Å². The highest BCUT2D eigenvalue weighted by molar-refractivity contribution is 7.92. The van der Waals surface area contributed by atoms with E-state index in [4.69, 9.17) is 4.74 Å². The first-order chi connectivity index (χ1) is 12.5. The van der Waals surface area contributed by atoms with Crippen molar-refractivity contribution in [2.24, 2.45) is 0 Å². The number of benzene rings is 1. The number of hydrogen-bond acceptors (Lipinski definition) is 4. The van der Waals surface area contributed by atoms with Gasteiger partial charge in [-0.25, -0.2) is 8.42 Å². The molecular weight excluding hydrogens is 348 g/mol. The predicted molar refractivity (Wildman–Crippen MR) is 107 cm³/mol. The summed E-state index contributed by atoms with van der Waals surface area (Å²) in [4.78, 5) is 12.0. The number of esters is 1. The summed E-state index contributed by atoms with van der Waals surface area (Å²) >= 11 is 0. The minimum atomic E-state index is -3.57. The molecule has 0 aromatic heterocycles. The number of carbonyl (C=O) groups excluding carboxylic acids is 1. The van der Waals surface area contributed by atoms with E-state index in [9.17, 15) is 13.2 Å². The van der Waals surface area contributed by atoms with E-state index < -0.39 is 21.1 Å². The van der Waals surface area contributed by atoms with Gasteiger partial charge in [0.1, 0.15) is 0 Å². The molecule has 26 heavy (non-hydrogen) atoms. The van der Waals surface area contributed by atoms with E-state index >= 15 is 0 Å². The van der Waals surface area contributed by atoms with Gasteiger partial charge in [0.05, 0.1) is 12.9 Å². The molecule has 1 rings (SSSR count). The maximum Gasteiger partial charge on any atom is 0.328 e. The highest BCUT2D eigenvalue weighted by atomic mass is 32.2. The lowest BCUT2D eigenvalue weighted by Gasteiger charge is -2.16. The van der Waals surface area contributed by atoms with Crippen LogP contribution in [0.3, 0.4) is 0 Å². The highest BCUT2D eigenvalue weighted by Gasteiger charge is 2.34. The van der Waals surface area contributed by atoms with Crippen LogP contribution in [0.15, 0.2) is 30.3 Å². The molecule has 0 amide bonds. The lowest BCUT2D eigenvalue weighted by atomic mass is 10.1. The first-order valence-corrected chi connectivity index (χ1v) is 11.6. The van der Waals surface area contributed by atoms with Crippen molar-refractivity contribution in [1.82, 2.24) is 0 Å². The summed E-state index contributed by atoms with van der Waals surface area (Å²) in [5, 5.41) is -1.22. The fourth-order valence-corrected chi connectivity index (χ4v) is 4.94. The van der Waals surface area contributed by atoms with E-state index in [0.29, 0.717) is 12.0 Å². The minimum absolute atomic E-state index is 0.0260. The Morgan fingerprint density at radius 1 is 0.885 bits per heavy atom. The lowest BCUT2D eigenvalue weighted by molar-refractivity contribution is -0.140. The van der Waals surface area contributed by atoms with Crippen molar-refractivity contribution in [3.05, 3.63) is 35.9 Å². The van der Waals surface area contributed by atoms with Crippen molar-refractivity contribution >= 4 is 15.8 Å². The standard InChI is InChI=1S/C21H34O4S/c1-3-4-5-6-7-8-9-10-11-15-18-26(23,24)20(21(22)25-2)19-16-13-12-14-17-19/h12-14,16-17,20H,3-11,15,18H2,1-2H3. The molecule has 1 aromatic carbocycles. The van der Waals surface area contributed by atoms with E-state index in [2.05, 4.69) is 6.92 Å². The Balaban J connectivity index is 2.38. The largest absolute Gasteiger partial charge is 0.468 e. The quantitative estimate of drug-likeness (QED) is 0.326. The van der Waals surface area contributed by atoms with Gasteiger partial charge in [-0.3, -0.25) is 4.79 Å². The van der Waals surface area contributed by atoms with Crippen LogP contribution in [-0.2, 0) is 19.4 Å². The number of hydrogen-bond donors (Lipinski definition) is 0. The fraction of sp³-hybridized carbons (Fsp3) is 0.667. The average molecular weight is 383 g/mol. The molecule has 0 heterocycles. The van der Waals surface area contributed by atoms with Crippen LogP contribution in [0.1, 0.15) is 81.9 Å². The lowest BCUT2D eigenvalue weighted by Crippen LogP contribution is -2.25. The summed E-state index contributed by atoms with van der Waals surface area (Å²) < 4.78 is 30.1. The second-order valence-corrected chi connectivity index (χ2v) is 9.07. The van der Waals surface area contributed by atoms with Crippen molar-refractivity contribution < 1.29 is 17.9 Å². The molecule has 148 valence electrons. The molecule has 0 fully saturated rings. The molecule has 0 bridgehead atoms. The van der Waals surface area contributed by atoms with E-state index in [1.807, 2.05) is 0 Å².